The van der Waals surface area contributed by atoms with Crippen LogP contribution in [0.25, 0.3) is 22.1 Å². The summed E-state index contributed by atoms with van der Waals surface area (Å²) in [5.74, 6) is 1.08. The van der Waals surface area contributed by atoms with Crippen LogP contribution >= 0.6 is 0 Å². The number of ether oxygens (including phenoxy) is 2. The molecule has 0 aliphatic carbocycles. The first-order valence-electron chi connectivity index (χ1n) is 9.27. The lowest BCUT2D eigenvalue weighted by Gasteiger charge is -2.28. The summed E-state index contributed by atoms with van der Waals surface area (Å²) in [6, 6.07) is 4.96. The van der Waals surface area contributed by atoms with Gasteiger partial charge in [-0.15, -0.1) is 0 Å². The highest BCUT2D eigenvalue weighted by atomic mass is 16.6. The van der Waals surface area contributed by atoms with Crippen LogP contribution in [0, 0.1) is 0 Å². The number of fused-ring (bicyclic) bond motifs is 3. The zero-order valence-electron chi connectivity index (χ0n) is 16.4. The summed E-state index contributed by atoms with van der Waals surface area (Å²) < 4.78 is 16.5. The van der Waals surface area contributed by atoms with E-state index in [-0.39, 0.29) is 17.2 Å². The highest BCUT2D eigenvalue weighted by Crippen LogP contribution is 2.33. The van der Waals surface area contributed by atoms with E-state index in [1.165, 1.54) is 0 Å². The van der Waals surface area contributed by atoms with E-state index < -0.39 is 11.7 Å². The van der Waals surface area contributed by atoms with Gasteiger partial charge < -0.3 is 18.9 Å². The number of likely N-dealkylation sites (tertiary alicyclic amines) is 1. The molecule has 2 aromatic heterocycles. The van der Waals surface area contributed by atoms with Crippen LogP contribution in [0.3, 0.4) is 0 Å². The summed E-state index contributed by atoms with van der Waals surface area (Å²) in [5, 5.41) is 0.698. The molecule has 1 amide bonds. The Bertz CT molecular complexity index is 1110. The molecule has 148 valence electrons. The van der Waals surface area contributed by atoms with Gasteiger partial charge in [0.25, 0.3) is 5.56 Å². The van der Waals surface area contributed by atoms with Crippen molar-refractivity contribution in [1.82, 2.24) is 14.9 Å². The number of hydrogen-bond donors (Lipinski definition) is 1. The van der Waals surface area contributed by atoms with Crippen molar-refractivity contribution < 1.29 is 18.7 Å². The van der Waals surface area contributed by atoms with Crippen LogP contribution < -0.4 is 10.3 Å². The SMILES string of the molecule is COc1ccc2oc3c(=O)[nH]c([C@H]4CCCN4C(=O)OC(C)(C)C)nc3c2c1. The zero-order valence-corrected chi connectivity index (χ0v) is 16.4. The second-order valence-corrected chi connectivity index (χ2v) is 7.92. The van der Waals surface area contributed by atoms with Crippen LogP contribution in [-0.4, -0.2) is 40.2 Å². The highest BCUT2D eigenvalue weighted by molar-refractivity contribution is 6.02. The van der Waals surface area contributed by atoms with Gasteiger partial charge in [-0.25, -0.2) is 9.78 Å². The molecule has 28 heavy (non-hydrogen) atoms. The van der Waals surface area contributed by atoms with E-state index in [0.717, 1.165) is 6.42 Å². The van der Waals surface area contributed by atoms with Crippen LogP contribution in [0.4, 0.5) is 4.79 Å². The summed E-state index contributed by atoms with van der Waals surface area (Å²) >= 11 is 0. The number of benzene rings is 1. The molecule has 0 spiro atoms. The first-order chi connectivity index (χ1) is 13.3. The van der Waals surface area contributed by atoms with E-state index in [9.17, 15) is 9.59 Å². The maximum absolute atomic E-state index is 12.6. The van der Waals surface area contributed by atoms with Gasteiger partial charge in [-0.3, -0.25) is 9.69 Å². The number of aromatic nitrogens is 2. The summed E-state index contributed by atoms with van der Waals surface area (Å²) in [6.45, 7) is 6.04. The average Bonchev–Trinajstić information content (AvgIpc) is 3.24. The highest BCUT2D eigenvalue weighted by Gasteiger charge is 2.35. The van der Waals surface area contributed by atoms with E-state index in [2.05, 4.69) is 9.97 Å². The molecule has 4 rings (SSSR count). The van der Waals surface area contributed by atoms with Crippen molar-refractivity contribution in [2.45, 2.75) is 45.3 Å². The minimum atomic E-state index is -0.591. The number of nitrogens with one attached hydrogen (secondary N) is 1. The van der Waals surface area contributed by atoms with E-state index in [1.54, 1.807) is 30.2 Å². The van der Waals surface area contributed by atoms with Gasteiger partial charge in [0.05, 0.1) is 18.5 Å². The number of hydrogen-bond acceptors (Lipinski definition) is 6. The number of aromatic amines is 1. The topological polar surface area (TPSA) is 97.7 Å². The molecular formula is C20H23N3O5. The van der Waals surface area contributed by atoms with Crippen LogP contribution in [0.1, 0.15) is 45.5 Å². The van der Waals surface area contributed by atoms with Crippen molar-refractivity contribution in [3.63, 3.8) is 0 Å². The van der Waals surface area contributed by atoms with Crippen molar-refractivity contribution >= 4 is 28.2 Å². The second-order valence-electron chi connectivity index (χ2n) is 7.92. The first kappa shape index (κ1) is 18.3. The Morgan fingerprint density at radius 2 is 2.14 bits per heavy atom. The zero-order chi connectivity index (χ0) is 20.1. The van der Waals surface area contributed by atoms with Gasteiger partial charge >= 0.3 is 6.09 Å². The molecule has 1 atom stereocenters. The normalized spacial score (nSPS) is 17.4. The first-order valence-corrected chi connectivity index (χ1v) is 9.27. The number of methoxy groups -OCH3 is 1. The smallest absolute Gasteiger partial charge is 0.410 e. The molecule has 0 saturated carbocycles. The lowest BCUT2D eigenvalue weighted by atomic mass is 10.2. The molecule has 3 heterocycles. The molecule has 3 aromatic rings. The van der Waals surface area contributed by atoms with Crippen molar-refractivity contribution in [3.8, 4) is 5.75 Å². The molecule has 1 aliphatic rings. The quantitative estimate of drug-likeness (QED) is 0.721. The van der Waals surface area contributed by atoms with Crippen LogP contribution in [-0.2, 0) is 4.74 Å². The van der Waals surface area contributed by atoms with E-state index >= 15 is 0 Å². The molecule has 0 radical (unpaired) electrons. The molecule has 0 unspecified atom stereocenters. The molecule has 1 saturated heterocycles. The summed E-state index contributed by atoms with van der Waals surface area (Å²) in [6.07, 6.45) is 1.11. The Kier molecular flexibility index (Phi) is 4.28. The minimum Gasteiger partial charge on any atom is -0.497 e. The number of nitrogens with zero attached hydrogens (tertiary/aromatic N) is 2. The van der Waals surface area contributed by atoms with Gasteiger partial charge in [-0.1, -0.05) is 0 Å². The Morgan fingerprint density at radius 3 is 2.86 bits per heavy atom. The molecule has 8 nitrogen and oxygen atoms in total. The maximum atomic E-state index is 12.6. The Labute approximate surface area is 161 Å². The van der Waals surface area contributed by atoms with E-state index in [4.69, 9.17) is 13.9 Å². The Hall–Kier alpha value is -3.03. The predicted octanol–water partition coefficient (Wildman–Crippen LogP) is 3.75. The largest absolute Gasteiger partial charge is 0.497 e. The van der Waals surface area contributed by atoms with Gasteiger partial charge in [0.2, 0.25) is 5.58 Å². The number of carbonyl (C=O) groups is 1. The fraction of sp³-hybridized carbons (Fsp3) is 0.450. The Morgan fingerprint density at radius 1 is 1.36 bits per heavy atom. The number of H-pyrrole nitrogens is 1. The monoisotopic (exact) mass is 385 g/mol. The third kappa shape index (κ3) is 3.19. The molecule has 8 heteroatoms. The Balaban J connectivity index is 1.79. The lowest BCUT2D eigenvalue weighted by molar-refractivity contribution is 0.0218. The average molecular weight is 385 g/mol. The maximum Gasteiger partial charge on any atom is 0.410 e. The summed E-state index contributed by atoms with van der Waals surface area (Å²) in [5.41, 5.74) is 0.219. The number of rotatable bonds is 2. The molecule has 1 aromatic carbocycles. The molecule has 1 fully saturated rings. The van der Waals surface area contributed by atoms with E-state index in [1.807, 2.05) is 20.8 Å². The number of amides is 1. The van der Waals surface area contributed by atoms with Crippen molar-refractivity contribution in [2.75, 3.05) is 13.7 Å². The second kappa shape index (κ2) is 6.54. The molecule has 0 bridgehead atoms. The van der Waals surface area contributed by atoms with Gasteiger partial charge in [0.15, 0.2) is 0 Å². The van der Waals surface area contributed by atoms with E-state index in [0.29, 0.717) is 41.0 Å². The molecule has 1 aliphatic heterocycles. The van der Waals surface area contributed by atoms with Gasteiger partial charge in [0, 0.05) is 6.54 Å². The third-order valence-electron chi connectivity index (χ3n) is 4.75. The van der Waals surface area contributed by atoms with Crippen LogP contribution in [0.15, 0.2) is 27.4 Å². The molecular weight excluding hydrogens is 362 g/mol. The van der Waals surface area contributed by atoms with Gasteiger partial charge in [-0.05, 0) is 51.8 Å². The van der Waals surface area contributed by atoms with Crippen LogP contribution in [0.5, 0.6) is 5.75 Å². The third-order valence-corrected chi connectivity index (χ3v) is 4.75. The fourth-order valence-corrected chi connectivity index (χ4v) is 3.52. The number of furan rings is 1. The van der Waals surface area contributed by atoms with Crippen molar-refractivity contribution in [1.29, 1.82) is 0 Å². The lowest BCUT2D eigenvalue weighted by Crippen LogP contribution is -2.37. The fourth-order valence-electron chi connectivity index (χ4n) is 3.52. The summed E-state index contributed by atoms with van der Waals surface area (Å²) in [4.78, 5) is 34.3. The van der Waals surface area contributed by atoms with Crippen molar-refractivity contribution in [3.05, 3.63) is 34.4 Å². The standard InChI is InChI=1S/C20H23N3O5/c1-20(2,3)28-19(25)23-9-5-6-13(23)17-21-15-12-10-11(26-4)7-8-14(12)27-16(15)18(24)22-17/h7-8,10,13H,5-6,9H2,1-4H3,(H,21,22,24)/t13-/m1/s1. The summed E-state index contributed by atoms with van der Waals surface area (Å²) in [7, 11) is 1.58. The van der Waals surface area contributed by atoms with Gasteiger partial charge in [-0.2, -0.15) is 0 Å². The van der Waals surface area contributed by atoms with Crippen LogP contribution in [0.2, 0.25) is 0 Å². The van der Waals surface area contributed by atoms with Gasteiger partial charge in [0.1, 0.15) is 28.3 Å². The molecule has 1 N–H and O–H groups in total. The predicted molar refractivity (Wildman–Crippen MR) is 104 cm³/mol. The minimum absolute atomic E-state index is 0.161. The van der Waals surface area contributed by atoms with Crippen molar-refractivity contribution in [2.24, 2.45) is 0 Å². The number of carbonyl (C=O) groups excluding carboxylic acids is 1.